The van der Waals surface area contributed by atoms with Crippen molar-refractivity contribution in [3.8, 4) is 11.5 Å². The molecule has 0 radical (unpaired) electrons. The van der Waals surface area contributed by atoms with E-state index >= 15 is 0 Å². The number of aryl methyl sites for hydroxylation is 1. The number of amides is 1. The Bertz CT molecular complexity index is 626. The van der Waals surface area contributed by atoms with Crippen LogP contribution in [0.15, 0.2) is 42.5 Å². The third-order valence-electron chi connectivity index (χ3n) is 2.88. The lowest BCUT2D eigenvalue weighted by atomic mass is 10.2. The molecule has 2 aromatic rings. The number of hydrogen-bond acceptors (Lipinski definition) is 3. The Morgan fingerprint density at radius 1 is 1.14 bits per heavy atom. The largest absolute Gasteiger partial charge is 0.497 e. The Labute approximate surface area is 128 Å². The van der Waals surface area contributed by atoms with Gasteiger partial charge in [-0.25, -0.2) is 0 Å². The summed E-state index contributed by atoms with van der Waals surface area (Å²) >= 11 is 6.00. The minimum Gasteiger partial charge on any atom is -0.497 e. The Morgan fingerprint density at radius 3 is 2.43 bits per heavy atom. The van der Waals surface area contributed by atoms with Crippen LogP contribution in [0.1, 0.15) is 5.56 Å². The summed E-state index contributed by atoms with van der Waals surface area (Å²) in [5.41, 5.74) is 1.61. The molecular weight excluding hydrogens is 290 g/mol. The van der Waals surface area contributed by atoms with Crippen LogP contribution in [0.5, 0.6) is 11.5 Å². The van der Waals surface area contributed by atoms with Gasteiger partial charge in [0, 0.05) is 10.7 Å². The molecule has 0 fully saturated rings. The molecule has 0 atom stereocenters. The van der Waals surface area contributed by atoms with E-state index < -0.39 is 0 Å². The number of benzene rings is 2. The predicted molar refractivity (Wildman–Crippen MR) is 83.3 cm³/mol. The molecule has 0 saturated carbocycles. The molecule has 0 aromatic heterocycles. The Morgan fingerprint density at radius 2 is 1.81 bits per heavy atom. The third-order valence-corrected chi connectivity index (χ3v) is 3.29. The summed E-state index contributed by atoms with van der Waals surface area (Å²) < 4.78 is 10.4. The maximum Gasteiger partial charge on any atom is 0.262 e. The SMILES string of the molecule is COc1ccc(OCC(=O)Nc2ccc(C)c(Cl)c2)cc1. The molecular formula is C16H16ClNO3. The quantitative estimate of drug-likeness (QED) is 0.916. The van der Waals surface area contributed by atoms with Gasteiger partial charge in [-0.05, 0) is 48.9 Å². The predicted octanol–water partition coefficient (Wildman–Crippen LogP) is 3.67. The van der Waals surface area contributed by atoms with Gasteiger partial charge in [-0.2, -0.15) is 0 Å². The van der Waals surface area contributed by atoms with E-state index in [2.05, 4.69) is 5.32 Å². The molecule has 0 aliphatic rings. The number of halogens is 1. The van der Waals surface area contributed by atoms with Crippen molar-refractivity contribution in [2.75, 3.05) is 19.0 Å². The van der Waals surface area contributed by atoms with E-state index in [1.807, 2.05) is 13.0 Å². The summed E-state index contributed by atoms with van der Waals surface area (Å²) in [5, 5.41) is 3.34. The minimum atomic E-state index is -0.245. The second-order valence-corrected chi connectivity index (χ2v) is 4.88. The van der Waals surface area contributed by atoms with E-state index in [-0.39, 0.29) is 12.5 Å². The van der Waals surface area contributed by atoms with Gasteiger partial charge in [-0.3, -0.25) is 4.79 Å². The number of carbonyl (C=O) groups is 1. The highest BCUT2D eigenvalue weighted by Gasteiger charge is 2.05. The second kappa shape index (κ2) is 6.99. The van der Waals surface area contributed by atoms with E-state index in [0.29, 0.717) is 16.5 Å². The number of carbonyl (C=O) groups excluding carboxylic acids is 1. The molecule has 5 heteroatoms. The van der Waals surface area contributed by atoms with Crippen molar-refractivity contribution < 1.29 is 14.3 Å². The summed E-state index contributed by atoms with van der Waals surface area (Å²) in [6, 6.07) is 12.4. The minimum absolute atomic E-state index is 0.0716. The van der Waals surface area contributed by atoms with Crippen LogP contribution in [-0.2, 0) is 4.79 Å². The fraction of sp³-hybridized carbons (Fsp3) is 0.188. The third kappa shape index (κ3) is 4.39. The molecule has 0 unspecified atom stereocenters. The van der Waals surface area contributed by atoms with Crippen LogP contribution in [0, 0.1) is 6.92 Å². The number of ether oxygens (including phenoxy) is 2. The van der Waals surface area contributed by atoms with Crippen molar-refractivity contribution in [3.63, 3.8) is 0 Å². The van der Waals surface area contributed by atoms with Gasteiger partial charge in [0.2, 0.25) is 0 Å². The summed E-state index contributed by atoms with van der Waals surface area (Å²) in [6.07, 6.45) is 0. The van der Waals surface area contributed by atoms with Crippen molar-refractivity contribution in [3.05, 3.63) is 53.1 Å². The number of nitrogens with one attached hydrogen (secondary N) is 1. The van der Waals surface area contributed by atoms with Crippen LogP contribution < -0.4 is 14.8 Å². The normalized spacial score (nSPS) is 10.0. The molecule has 0 bridgehead atoms. The Hall–Kier alpha value is -2.20. The van der Waals surface area contributed by atoms with E-state index in [1.165, 1.54) is 0 Å². The standard InChI is InChI=1S/C16H16ClNO3/c1-11-3-4-12(9-15(11)17)18-16(19)10-21-14-7-5-13(20-2)6-8-14/h3-9H,10H2,1-2H3,(H,18,19). The van der Waals surface area contributed by atoms with Crippen molar-refractivity contribution >= 4 is 23.2 Å². The molecule has 0 aliphatic heterocycles. The molecule has 110 valence electrons. The van der Waals surface area contributed by atoms with Gasteiger partial charge >= 0.3 is 0 Å². The van der Waals surface area contributed by atoms with Crippen molar-refractivity contribution in [1.29, 1.82) is 0 Å². The molecule has 0 heterocycles. The summed E-state index contributed by atoms with van der Waals surface area (Å²) in [6.45, 7) is 1.83. The lowest BCUT2D eigenvalue weighted by Crippen LogP contribution is -2.20. The first-order valence-electron chi connectivity index (χ1n) is 6.41. The van der Waals surface area contributed by atoms with Crippen LogP contribution in [0.2, 0.25) is 5.02 Å². The smallest absolute Gasteiger partial charge is 0.262 e. The van der Waals surface area contributed by atoms with Gasteiger partial charge in [0.15, 0.2) is 6.61 Å². The van der Waals surface area contributed by atoms with Crippen molar-refractivity contribution in [1.82, 2.24) is 0 Å². The van der Waals surface area contributed by atoms with Gasteiger partial charge in [0.05, 0.1) is 7.11 Å². The molecule has 4 nitrogen and oxygen atoms in total. The average molecular weight is 306 g/mol. The number of hydrogen-bond donors (Lipinski definition) is 1. The lowest BCUT2D eigenvalue weighted by Gasteiger charge is -2.09. The highest BCUT2D eigenvalue weighted by Crippen LogP contribution is 2.20. The van der Waals surface area contributed by atoms with E-state index in [4.69, 9.17) is 21.1 Å². The van der Waals surface area contributed by atoms with Gasteiger partial charge in [-0.1, -0.05) is 17.7 Å². The molecule has 0 spiro atoms. The average Bonchev–Trinajstić information content (AvgIpc) is 2.49. The van der Waals surface area contributed by atoms with E-state index in [0.717, 1.165) is 11.3 Å². The fourth-order valence-electron chi connectivity index (χ4n) is 1.69. The zero-order chi connectivity index (χ0) is 15.2. The monoisotopic (exact) mass is 305 g/mol. The molecule has 2 rings (SSSR count). The second-order valence-electron chi connectivity index (χ2n) is 4.48. The molecule has 21 heavy (non-hydrogen) atoms. The van der Waals surface area contributed by atoms with Gasteiger partial charge in [0.1, 0.15) is 11.5 Å². The summed E-state index contributed by atoms with van der Waals surface area (Å²) in [5.74, 6) is 1.10. The van der Waals surface area contributed by atoms with E-state index in [1.54, 1.807) is 43.5 Å². The first-order chi connectivity index (χ1) is 10.1. The first kappa shape index (κ1) is 15.2. The van der Waals surface area contributed by atoms with Crippen molar-refractivity contribution in [2.45, 2.75) is 6.92 Å². The van der Waals surface area contributed by atoms with Crippen LogP contribution in [0.4, 0.5) is 5.69 Å². The first-order valence-corrected chi connectivity index (χ1v) is 6.79. The number of methoxy groups -OCH3 is 1. The zero-order valence-electron chi connectivity index (χ0n) is 11.9. The van der Waals surface area contributed by atoms with Gasteiger partial charge < -0.3 is 14.8 Å². The lowest BCUT2D eigenvalue weighted by molar-refractivity contribution is -0.118. The van der Waals surface area contributed by atoms with Crippen LogP contribution >= 0.6 is 11.6 Å². The topological polar surface area (TPSA) is 47.6 Å². The molecule has 1 amide bonds. The highest BCUT2D eigenvalue weighted by atomic mass is 35.5. The zero-order valence-corrected chi connectivity index (χ0v) is 12.6. The van der Waals surface area contributed by atoms with Crippen molar-refractivity contribution in [2.24, 2.45) is 0 Å². The Kier molecular flexibility index (Phi) is 5.06. The maximum absolute atomic E-state index is 11.8. The highest BCUT2D eigenvalue weighted by molar-refractivity contribution is 6.31. The Balaban J connectivity index is 1.87. The molecule has 1 N–H and O–H groups in total. The number of rotatable bonds is 5. The van der Waals surface area contributed by atoms with Crippen LogP contribution in [0.25, 0.3) is 0 Å². The summed E-state index contributed by atoms with van der Waals surface area (Å²) in [4.78, 5) is 11.8. The fourth-order valence-corrected chi connectivity index (χ4v) is 1.87. The molecule has 2 aromatic carbocycles. The number of anilines is 1. The van der Waals surface area contributed by atoms with Crippen LogP contribution in [-0.4, -0.2) is 19.6 Å². The van der Waals surface area contributed by atoms with E-state index in [9.17, 15) is 4.79 Å². The molecule has 0 aliphatic carbocycles. The molecule has 0 saturated heterocycles. The van der Waals surface area contributed by atoms with Crippen LogP contribution in [0.3, 0.4) is 0 Å². The van der Waals surface area contributed by atoms with Gasteiger partial charge in [0.25, 0.3) is 5.91 Å². The maximum atomic E-state index is 11.8. The van der Waals surface area contributed by atoms with Gasteiger partial charge in [-0.15, -0.1) is 0 Å². The summed E-state index contributed by atoms with van der Waals surface area (Å²) in [7, 11) is 1.59.